The van der Waals surface area contributed by atoms with E-state index in [1.165, 1.54) is 21.6 Å². The van der Waals surface area contributed by atoms with E-state index in [0.717, 1.165) is 51.9 Å². The van der Waals surface area contributed by atoms with Crippen molar-refractivity contribution in [1.82, 2.24) is 9.88 Å². The number of nitrogens with zero attached hydrogens (tertiary/aromatic N) is 3. The quantitative estimate of drug-likeness (QED) is 0.600. The maximum atomic E-state index is 12.6. The van der Waals surface area contributed by atoms with Gasteiger partial charge in [-0.15, -0.1) is 11.3 Å². The Hall–Kier alpha value is -1.44. The van der Waals surface area contributed by atoms with Gasteiger partial charge < -0.3 is 9.80 Å². The Morgan fingerprint density at radius 1 is 1.16 bits per heavy atom. The van der Waals surface area contributed by atoms with Crippen LogP contribution in [-0.4, -0.2) is 42.0 Å². The molecule has 1 aliphatic heterocycles. The minimum absolute atomic E-state index is 0.132. The van der Waals surface area contributed by atoms with Crippen molar-refractivity contribution in [3.8, 4) is 0 Å². The fourth-order valence-electron chi connectivity index (χ4n) is 3.10. The zero-order valence-electron chi connectivity index (χ0n) is 13.9. The summed E-state index contributed by atoms with van der Waals surface area (Å²) in [5.74, 6) is 0.132. The summed E-state index contributed by atoms with van der Waals surface area (Å²) in [7, 11) is 0. The molecule has 0 spiro atoms. The molecule has 0 N–H and O–H groups in total. The molecule has 0 bridgehead atoms. The molecule has 0 radical (unpaired) electrons. The van der Waals surface area contributed by atoms with Crippen molar-refractivity contribution in [2.75, 3.05) is 31.1 Å². The summed E-state index contributed by atoms with van der Waals surface area (Å²) < 4.78 is 2.24. The van der Waals surface area contributed by atoms with Crippen LogP contribution in [0.4, 0.5) is 5.13 Å². The lowest BCUT2D eigenvalue weighted by molar-refractivity contribution is 0.0751. The second-order valence-electron chi connectivity index (χ2n) is 6.00. The Bertz CT molecular complexity index is 912. The van der Waals surface area contributed by atoms with E-state index in [1.54, 1.807) is 11.3 Å². The highest BCUT2D eigenvalue weighted by atomic mass is 79.9. The van der Waals surface area contributed by atoms with Crippen LogP contribution in [0.1, 0.15) is 22.2 Å². The first-order chi connectivity index (χ1) is 12.2. The van der Waals surface area contributed by atoms with E-state index in [9.17, 15) is 4.79 Å². The highest BCUT2D eigenvalue weighted by Crippen LogP contribution is 2.32. The molecule has 25 heavy (non-hydrogen) atoms. The van der Waals surface area contributed by atoms with Crippen LogP contribution < -0.4 is 4.90 Å². The van der Waals surface area contributed by atoms with Gasteiger partial charge in [0.15, 0.2) is 5.13 Å². The smallest absolute Gasteiger partial charge is 0.264 e. The van der Waals surface area contributed by atoms with Crippen molar-refractivity contribution >= 4 is 59.9 Å². The van der Waals surface area contributed by atoms with Gasteiger partial charge >= 0.3 is 0 Å². The molecular weight excluding hydrogens is 418 g/mol. The Morgan fingerprint density at radius 3 is 2.64 bits per heavy atom. The molecule has 1 amide bonds. The van der Waals surface area contributed by atoms with Gasteiger partial charge in [0.2, 0.25) is 0 Å². The van der Waals surface area contributed by atoms with E-state index in [0.29, 0.717) is 0 Å². The monoisotopic (exact) mass is 435 g/mol. The lowest BCUT2D eigenvalue weighted by Crippen LogP contribution is -2.48. The molecule has 1 aromatic carbocycles. The van der Waals surface area contributed by atoms with Gasteiger partial charge in [0.1, 0.15) is 0 Å². The Labute approximate surface area is 163 Å². The zero-order valence-corrected chi connectivity index (χ0v) is 17.1. The van der Waals surface area contributed by atoms with Gasteiger partial charge in [-0.2, -0.15) is 0 Å². The predicted molar refractivity (Wildman–Crippen MR) is 109 cm³/mol. The SMILES string of the molecule is CCc1cccc2sc(N3CCN(C(=O)c4ccc(Br)s4)CC3)nc12. The van der Waals surface area contributed by atoms with Gasteiger partial charge in [0.05, 0.1) is 18.9 Å². The van der Waals surface area contributed by atoms with Crippen molar-refractivity contribution in [3.63, 3.8) is 0 Å². The topological polar surface area (TPSA) is 36.4 Å². The molecule has 0 aliphatic carbocycles. The first kappa shape index (κ1) is 17.0. The maximum absolute atomic E-state index is 12.6. The molecule has 1 fully saturated rings. The van der Waals surface area contributed by atoms with Gasteiger partial charge in [0.25, 0.3) is 5.91 Å². The van der Waals surface area contributed by atoms with Gasteiger partial charge in [-0.3, -0.25) is 4.79 Å². The molecule has 3 heterocycles. The van der Waals surface area contributed by atoms with Crippen LogP contribution in [0.2, 0.25) is 0 Å². The molecule has 0 atom stereocenters. The zero-order chi connectivity index (χ0) is 17.4. The van der Waals surface area contributed by atoms with Gasteiger partial charge in [0, 0.05) is 26.2 Å². The number of thiazole rings is 1. The van der Waals surface area contributed by atoms with Crippen LogP contribution in [-0.2, 0) is 6.42 Å². The molecule has 1 aliphatic rings. The molecule has 3 aromatic rings. The fourth-order valence-corrected chi connectivity index (χ4v) is 5.52. The van der Waals surface area contributed by atoms with Gasteiger partial charge in [-0.1, -0.05) is 30.4 Å². The number of hydrogen-bond donors (Lipinski definition) is 0. The van der Waals surface area contributed by atoms with Crippen LogP contribution in [0.3, 0.4) is 0 Å². The summed E-state index contributed by atoms with van der Waals surface area (Å²) in [6.45, 7) is 5.32. The number of fused-ring (bicyclic) bond motifs is 1. The summed E-state index contributed by atoms with van der Waals surface area (Å²) in [5.41, 5.74) is 2.43. The number of rotatable bonds is 3. The number of para-hydroxylation sites is 1. The van der Waals surface area contributed by atoms with Crippen LogP contribution in [0, 0.1) is 0 Å². The molecule has 130 valence electrons. The minimum Gasteiger partial charge on any atom is -0.345 e. The third kappa shape index (κ3) is 3.32. The number of carbonyl (C=O) groups excluding carboxylic acids is 1. The number of amides is 1. The number of halogens is 1. The Balaban J connectivity index is 1.47. The van der Waals surface area contributed by atoms with E-state index in [4.69, 9.17) is 4.98 Å². The number of aromatic nitrogens is 1. The Kier molecular flexibility index (Phi) is 4.80. The number of carbonyl (C=O) groups is 1. The summed E-state index contributed by atoms with van der Waals surface area (Å²) in [4.78, 5) is 22.5. The average Bonchev–Trinajstić information content (AvgIpc) is 3.27. The normalized spacial score (nSPS) is 15.1. The number of thiophene rings is 1. The van der Waals surface area contributed by atoms with Gasteiger partial charge in [-0.25, -0.2) is 4.98 Å². The summed E-state index contributed by atoms with van der Waals surface area (Å²) in [6.07, 6.45) is 0.999. The molecule has 0 saturated carbocycles. The van der Waals surface area contributed by atoms with Crippen molar-refractivity contribution in [3.05, 3.63) is 44.6 Å². The van der Waals surface area contributed by atoms with E-state index < -0.39 is 0 Å². The first-order valence-corrected chi connectivity index (χ1v) is 10.8. The molecule has 2 aromatic heterocycles. The highest BCUT2D eigenvalue weighted by molar-refractivity contribution is 9.11. The third-order valence-electron chi connectivity index (χ3n) is 4.49. The molecule has 1 saturated heterocycles. The van der Waals surface area contributed by atoms with E-state index in [2.05, 4.69) is 46.0 Å². The molecular formula is C18H18BrN3OS2. The standard InChI is InChI=1S/C18H18BrN3OS2/c1-2-12-4-3-5-13-16(12)20-18(25-13)22-10-8-21(9-11-22)17(23)14-6-7-15(19)24-14/h3-7H,2,8-11H2,1H3. The third-order valence-corrected chi connectivity index (χ3v) is 7.19. The van der Waals surface area contributed by atoms with E-state index in [1.807, 2.05) is 17.0 Å². The highest BCUT2D eigenvalue weighted by Gasteiger charge is 2.25. The van der Waals surface area contributed by atoms with E-state index in [-0.39, 0.29) is 5.91 Å². The number of hydrogen-bond acceptors (Lipinski definition) is 5. The van der Waals surface area contributed by atoms with Crippen LogP contribution >= 0.6 is 38.6 Å². The number of aryl methyl sites for hydroxylation is 1. The number of benzene rings is 1. The largest absolute Gasteiger partial charge is 0.345 e. The molecule has 0 unspecified atom stereocenters. The summed E-state index contributed by atoms with van der Waals surface area (Å²) in [5, 5.41) is 1.07. The predicted octanol–water partition coefficient (Wildman–Crippen LogP) is 4.65. The second-order valence-corrected chi connectivity index (χ2v) is 9.47. The number of piperazine rings is 1. The lowest BCUT2D eigenvalue weighted by Gasteiger charge is -2.34. The molecule has 7 heteroatoms. The Morgan fingerprint density at radius 2 is 1.96 bits per heavy atom. The molecule has 4 nitrogen and oxygen atoms in total. The van der Waals surface area contributed by atoms with Crippen LogP contribution in [0.15, 0.2) is 34.1 Å². The van der Waals surface area contributed by atoms with Crippen molar-refractivity contribution < 1.29 is 4.79 Å². The van der Waals surface area contributed by atoms with Crippen LogP contribution in [0.25, 0.3) is 10.2 Å². The van der Waals surface area contributed by atoms with Gasteiger partial charge in [-0.05, 0) is 46.1 Å². The van der Waals surface area contributed by atoms with Crippen molar-refractivity contribution in [1.29, 1.82) is 0 Å². The van der Waals surface area contributed by atoms with Crippen molar-refractivity contribution in [2.24, 2.45) is 0 Å². The minimum atomic E-state index is 0.132. The van der Waals surface area contributed by atoms with Crippen molar-refractivity contribution in [2.45, 2.75) is 13.3 Å². The van der Waals surface area contributed by atoms with E-state index >= 15 is 0 Å². The second kappa shape index (κ2) is 7.05. The lowest BCUT2D eigenvalue weighted by atomic mass is 10.1. The summed E-state index contributed by atoms with van der Waals surface area (Å²) >= 11 is 6.67. The fraction of sp³-hybridized carbons (Fsp3) is 0.333. The summed E-state index contributed by atoms with van der Waals surface area (Å²) in [6, 6.07) is 10.2. The average molecular weight is 436 g/mol. The maximum Gasteiger partial charge on any atom is 0.264 e. The molecule has 4 rings (SSSR count). The first-order valence-electron chi connectivity index (χ1n) is 8.33. The number of anilines is 1. The van der Waals surface area contributed by atoms with Crippen LogP contribution in [0.5, 0.6) is 0 Å².